The average Bonchev–Trinajstić information content (AvgIpc) is 2.43. The molecule has 0 saturated heterocycles. The molecule has 5 nitrogen and oxygen atoms in total. The maximum atomic E-state index is 6.18. The van der Waals surface area contributed by atoms with Crippen molar-refractivity contribution in [2.45, 2.75) is 39.4 Å². The van der Waals surface area contributed by atoms with Gasteiger partial charge in [0.1, 0.15) is 6.17 Å². The van der Waals surface area contributed by atoms with Gasteiger partial charge in [-0.1, -0.05) is 34.8 Å². The van der Waals surface area contributed by atoms with Gasteiger partial charge in [-0.15, -0.1) is 0 Å². The minimum Gasteiger partial charge on any atom is -0.356 e. The third kappa shape index (κ3) is 5.44. The highest BCUT2D eigenvalue weighted by Gasteiger charge is 2.14. The lowest BCUT2D eigenvalue weighted by molar-refractivity contribution is 0.677. The Kier molecular flexibility index (Phi) is 6.39. The molecule has 126 valence electrons. The van der Waals surface area contributed by atoms with Crippen molar-refractivity contribution in [1.29, 1.82) is 0 Å². The van der Waals surface area contributed by atoms with E-state index in [2.05, 4.69) is 39.8 Å². The van der Waals surface area contributed by atoms with E-state index in [1.807, 2.05) is 6.92 Å². The van der Waals surface area contributed by atoms with Gasteiger partial charge in [-0.25, -0.2) is 9.98 Å². The Labute approximate surface area is 151 Å². The Hall–Kier alpha value is -1.17. The second kappa shape index (κ2) is 8.08. The molecule has 1 heterocycles. The van der Waals surface area contributed by atoms with E-state index < -0.39 is 0 Å². The number of nitrogens with one attached hydrogen (secondary N) is 3. The molecule has 1 aliphatic rings. The second-order valence-corrected chi connectivity index (χ2v) is 6.77. The van der Waals surface area contributed by atoms with E-state index in [0.717, 1.165) is 11.5 Å². The average molecular weight is 377 g/mol. The van der Waals surface area contributed by atoms with Crippen LogP contribution >= 0.6 is 34.8 Å². The van der Waals surface area contributed by atoms with Crippen molar-refractivity contribution in [2.24, 2.45) is 9.98 Å². The molecule has 0 fully saturated rings. The third-order valence-corrected chi connectivity index (χ3v) is 4.14. The molecule has 1 aromatic rings. The zero-order chi connectivity index (χ0) is 17.0. The summed E-state index contributed by atoms with van der Waals surface area (Å²) >= 11 is 18.1. The molecule has 8 heteroatoms. The zero-order valence-corrected chi connectivity index (χ0v) is 15.5. The van der Waals surface area contributed by atoms with Crippen LogP contribution in [-0.2, 0) is 6.42 Å². The molecule has 0 amide bonds. The lowest BCUT2D eigenvalue weighted by atomic mass is 10.1. The van der Waals surface area contributed by atoms with Crippen LogP contribution in [-0.4, -0.2) is 30.7 Å². The molecule has 1 unspecified atom stereocenters. The molecule has 2 rings (SSSR count). The van der Waals surface area contributed by atoms with Gasteiger partial charge in [0.25, 0.3) is 0 Å². The Morgan fingerprint density at radius 3 is 2.43 bits per heavy atom. The number of hydrogen-bond acceptors (Lipinski definition) is 5. The quantitative estimate of drug-likeness (QED) is 0.705. The summed E-state index contributed by atoms with van der Waals surface area (Å²) in [6.07, 6.45) is 0.572. The lowest BCUT2D eigenvalue weighted by Crippen LogP contribution is -2.51. The largest absolute Gasteiger partial charge is 0.356 e. The van der Waals surface area contributed by atoms with E-state index in [0.29, 0.717) is 40.0 Å². The monoisotopic (exact) mass is 375 g/mol. The molecule has 0 bridgehead atoms. The first-order valence-corrected chi connectivity index (χ1v) is 8.55. The maximum Gasteiger partial charge on any atom is 0.200 e. The molecule has 0 aromatic heterocycles. The van der Waals surface area contributed by atoms with Crippen LogP contribution in [0.5, 0.6) is 0 Å². The van der Waals surface area contributed by atoms with E-state index in [-0.39, 0.29) is 6.17 Å². The molecule has 1 atom stereocenters. The predicted octanol–water partition coefficient (Wildman–Crippen LogP) is 3.44. The first kappa shape index (κ1) is 18.2. The number of rotatable bonds is 4. The predicted molar refractivity (Wildman–Crippen MR) is 98.9 cm³/mol. The summed E-state index contributed by atoms with van der Waals surface area (Å²) < 4.78 is 0. The van der Waals surface area contributed by atoms with Crippen molar-refractivity contribution < 1.29 is 0 Å². The van der Waals surface area contributed by atoms with Crippen molar-refractivity contribution in [2.75, 3.05) is 6.54 Å². The summed E-state index contributed by atoms with van der Waals surface area (Å²) in [5.74, 6) is 1.41. The van der Waals surface area contributed by atoms with Crippen LogP contribution in [0.25, 0.3) is 0 Å². The molecule has 1 aliphatic heterocycles. The van der Waals surface area contributed by atoms with Crippen molar-refractivity contribution in [1.82, 2.24) is 16.0 Å². The molecule has 0 radical (unpaired) electrons. The van der Waals surface area contributed by atoms with Crippen molar-refractivity contribution in [3.05, 3.63) is 32.8 Å². The number of benzene rings is 1. The van der Waals surface area contributed by atoms with Crippen LogP contribution in [0, 0.1) is 0 Å². The normalized spacial score (nSPS) is 17.4. The van der Waals surface area contributed by atoms with E-state index in [9.17, 15) is 0 Å². The number of aliphatic imine (C=N–C) groups is 2. The lowest BCUT2D eigenvalue weighted by Gasteiger charge is -2.22. The highest BCUT2D eigenvalue weighted by molar-refractivity contribution is 6.43. The second-order valence-electron chi connectivity index (χ2n) is 5.55. The topological polar surface area (TPSA) is 60.8 Å². The number of hydrogen-bond donors (Lipinski definition) is 3. The third-order valence-electron chi connectivity index (χ3n) is 3.07. The van der Waals surface area contributed by atoms with Gasteiger partial charge in [0.15, 0.2) is 11.9 Å². The Balaban J connectivity index is 1.90. The van der Waals surface area contributed by atoms with Gasteiger partial charge in [-0.3, -0.25) is 5.32 Å². The summed E-state index contributed by atoms with van der Waals surface area (Å²) in [5.41, 5.74) is 0.937. The van der Waals surface area contributed by atoms with Crippen LogP contribution < -0.4 is 16.0 Å². The summed E-state index contributed by atoms with van der Waals surface area (Å²) in [4.78, 5) is 8.80. The fraction of sp³-hybridized carbons (Fsp3) is 0.467. The van der Waals surface area contributed by atoms with Crippen LogP contribution in [0.4, 0.5) is 0 Å². The molecule has 0 saturated carbocycles. The zero-order valence-electron chi connectivity index (χ0n) is 13.3. The standard InChI is InChI=1S/C15H20Cl3N5/c1-8(2)20-15-22-9(3)21-14(23-15)19-5-4-10-6-12(17)13(18)7-11(10)16/h6-9H,4-5H2,1-3H3,(H3,19,20,21,22,23). The van der Waals surface area contributed by atoms with Gasteiger partial charge in [-0.2, -0.15) is 0 Å². The first-order chi connectivity index (χ1) is 10.8. The molecule has 3 N–H and O–H groups in total. The number of nitrogens with zero attached hydrogens (tertiary/aromatic N) is 2. The van der Waals surface area contributed by atoms with E-state index in [1.165, 1.54) is 0 Å². The Morgan fingerprint density at radius 2 is 1.74 bits per heavy atom. The molecule has 1 aromatic carbocycles. The van der Waals surface area contributed by atoms with Crippen LogP contribution in [0.3, 0.4) is 0 Å². The van der Waals surface area contributed by atoms with Gasteiger partial charge >= 0.3 is 0 Å². The molecular formula is C15H20Cl3N5. The Morgan fingerprint density at radius 1 is 1.09 bits per heavy atom. The smallest absolute Gasteiger partial charge is 0.200 e. The molecule has 0 spiro atoms. The minimum absolute atomic E-state index is 0.131. The van der Waals surface area contributed by atoms with Gasteiger partial charge in [-0.05, 0) is 44.9 Å². The Bertz CT molecular complexity index is 628. The fourth-order valence-corrected chi connectivity index (χ4v) is 2.75. The van der Waals surface area contributed by atoms with Gasteiger partial charge in [0.2, 0.25) is 0 Å². The highest BCUT2D eigenvalue weighted by atomic mass is 35.5. The minimum atomic E-state index is -0.131. The molecule has 23 heavy (non-hydrogen) atoms. The van der Waals surface area contributed by atoms with Crippen LogP contribution in [0.15, 0.2) is 22.1 Å². The summed E-state index contributed by atoms with van der Waals surface area (Å²) in [6.45, 7) is 6.70. The highest BCUT2D eigenvalue weighted by Crippen LogP contribution is 2.28. The molecule has 0 aliphatic carbocycles. The first-order valence-electron chi connectivity index (χ1n) is 7.41. The number of halogens is 3. The van der Waals surface area contributed by atoms with E-state index in [4.69, 9.17) is 34.8 Å². The van der Waals surface area contributed by atoms with Crippen LogP contribution in [0.2, 0.25) is 15.1 Å². The van der Waals surface area contributed by atoms with E-state index >= 15 is 0 Å². The molecular weight excluding hydrogens is 357 g/mol. The van der Waals surface area contributed by atoms with Crippen molar-refractivity contribution in [3.63, 3.8) is 0 Å². The fourth-order valence-electron chi connectivity index (χ4n) is 2.09. The van der Waals surface area contributed by atoms with Crippen LogP contribution in [0.1, 0.15) is 26.3 Å². The summed E-state index contributed by atoms with van der Waals surface area (Å²) in [6, 6.07) is 3.75. The number of guanidine groups is 2. The van der Waals surface area contributed by atoms with Crippen molar-refractivity contribution >= 4 is 46.7 Å². The van der Waals surface area contributed by atoms with Crippen molar-refractivity contribution in [3.8, 4) is 0 Å². The van der Waals surface area contributed by atoms with Gasteiger partial charge in [0.05, 0.1) is 10.0 Å². The van der Waals surface area contributed by atoms with E-state index in [1.54, 1.807) is 12.1 Å². The van der Waals surface area contributed by atoms with Gasteiger partial charge < -0.3 is 10.6 Å². The maximum absolute atomic E-state index is 6.18. The SMILES string of the molecule is CC1N=C(NCCc2cc(Cl)c(Cl)cc2Cl)NC(NC(C)C)=N1. The summed E-state index contributed by atoms with van der Waals surface area (Å²) in [7, 11) is 0. The van der Waals surface area contributed by atoms with Gasteiger partial charge in [0, 0.05) is 17.6 Å². The summed E-state index contributed by atoms with van der Waals surface area (Å²) in [5, 5.41) is 11.2.